The number of pyridine rings is 1. The maximum Gasteiger partial charge on any atom is 0.191 e. The summed E-state index contributed by atoms with van der Waals surface area (Å²) < 4.78 is 0. The van der Waals surface area contributed by atoms with Crippen LogP contribution in [0.1, 0.15) is 29.3 Å². The second-order valence-electron chi connectivity index (χ2n) is 7.00. The van der Waals surface area contributed by atoms with Gasteiger partial charge in [-0.25, -0.2) is 4.98 Å². The van der Waals surface area contributed by atoms with Crippen LogP contribution in [0, 0.1) is 0 Å². The molecule has 8 heteroatoms. The highest BCUT2D eigenvalue weighted by molar-refractivity contribution is 14.0. The predicted octanol–water partition coefficient (Wildman–Crippen LogP) is 3.33. The standard InChI is InChI=1S/C20H30N6S.HI/c1-21-20(23-14-16-8-9-22-19(13-16)25(2)3)24-15-17(18-7-6-12-27-18)26-10-4-5-11-26;/h6-9,12-13,17H,4-5,10-11,14-15H2,1-3H3,(H2,21,23,24);1H. The minimum absolute atomic E-state index is 0. The van der Waals surface area contributed by atoms with E-state index in [1.54, 1.807) is 0 Å². The molecule has 0 spiro atoms. The van der Waals surface area contributed by atoms with Crippen LogP contribution < -0.4 is 15.5 Å². The molecule has 2 aromatic rings. The van der Waals surface area contributed by atoms with Crippen LogP contribution in [0.15, 0.2) is 40.8 Å². The fourth-order valence-corrected chi connectivity index (χ4v) is 4.22. The number of thiophene rings is 1. The number of nitrogens with zero attached hydrogens (tertiary/aromatic N) is 4. The van der Waals surface area contributed by atoms with Gasteiger partial charge in [0.1, 0.15) is 5.82 Å². The van der Waals surface area contributed by atoms with Crippen molar-refractivity contribution in [3.05, 3.63) is 46.3 Å². The molecule has 6 nitrogen and oxygen atoms in total. The molecule has 1 atom stereocenters. The monoisotopic (exact) mass is 514 g/mol. The Morgan fingerprint density at radius 3 is 2.71 bits per heavy atom. The summed E-state index contributed by atoms with van der Waals surface area (Å²) in [5.41, 5.74) is 1.19. The number of aliphatic imine (C=N–C) groups is 1. The molecule has 0 radical (unpaired) electrons. The van der Waals surface area contributed by atoms with Crippen molar-refractivity contribution in [1.29, 1.82) is 0 Å². The second kappa shape index (κ2) is 11.6. The Hall–Kier alpha value is -1.39. The van der Waals surface area contributed by atoms with Gasteiger partial charge in [0.25, 0.3) is 0 Å². The summed E-state index contributed by atoms with van der Waals surface area (Å²) >= 11 is 1.84. The second-order valence-corrected chi connectivity index (χ2v) is 7.98. The zero-order chi connectivity index (χ0) is 19.1. The van der Waals surface area contributed by atoms with E-state index < -0.39 is 0 Å². The van der Waals surface area contributed by atoms with E-state index in [4.69, 9.17) is 0 Å². The highest BCUT2D eigenvalue weighted by Gasteiger charge is 2.24. The Morgan fingerprint density at radius 1 is 1.29 bits per heavy atom. The van der Waals surface area contributed by atoms with Gasteiger partial charge in [0.15, 0.2) is 5.96 Å². The molecule has 1 saturated heterocycles. The third-order valence-corrected chi connectivity index (χ3v) is 5.84. The molecule has 28 heavy (non-hydrogen) atoms. The first-order chi connectivity index (χ1) is 13.2. The largest absolute Gasteiger partial charge is 0.363 e. The average molecular weight is 514 g/mol. The van der Waals surface area contributed by atoms with Crippen LogP contribution >= 0.6 is 35.3 Å². The first kappa shape index (κ1) is 22.9. The van der Waals surface area contributed by atoms with E-state index >= 15 is 0 Å². The summed E-state index contributed by atoms with van der Waals surface area (Å²) in [7, 11) is 5.83. The third-order valence-electron chi connectivity index (χ3n) is 4.87. The lowest BCUT2D eigenvalue weighted by molar-refractivity contribution is 0.249. The van der Waals surface area contributed by atoms with Crippen LogP contribution in [0.5, 0.6) is 0 Å². The van der Waals surface area contributed by atoms with Gasteiger partial charge in [-0.1, -0.05) is 6.07 Å². The zero-order valence-corrected chi connectivity index (χ0v) is 20.0. The lowest BCUT2D eigenvalue weighted by Gasteiger charge is -2.27. The first-order valence-corrected chi connectivity index (χ1v) is 10.4. The molecule has 0 saturated carbocycles. The average Bonchev–Trinajstić information content (AvgIpc) is 3.39. The van der Waals surface area contributed by atoms with E-state index in [0.29, 0.717) is 6.04 Å². The van der Waals surface area contributed by atoms with Gasteiger partial charge in [0.05, 0.1) is 6.04 Å². The summed E-state index contributed by atoms with van der Waals surface area (Å²) in [6, 6.07) is 8.92. The fourth-order valence-electron chi connectivity index (χ4n) is 3.36. The van der Waals surface area contributed by atoms with Crippen molar-refractivity contribution in [2.75, 3.05) is 45.7 Å². The summed E-state index contributed by atoms with van der Waals surface area (Å²) in [5.74, 6) is 1.79. The van der Waals surface area contributed by atoms with E-state index in [1.165, 1.54) is 36.4 Å². The van der Waals surface area contributed by atoms with E-state index in [9.17, 15) is 0 Å². The topological polar surface area (TPSA) is 55.8 Å². The van der Waals surface area contributed by atoms with Crippen molar-refractivity contribution in [3.8, 4) is 0 Å². The number of anilines is 1. The summed E-state index contributed by atoms with van der Waals surface area (Å²) in [5, 5.41) is 9.10. The van der Waals surface area contributed by atoms with E-state index in [-0.39, 0.29) is 24.0 Å². The molecule has 3 heterocycles. The van der Waals surface area contributed by atoms with Gasteiger partial charge in [0, 0.05) is 45.3 Å². The maximum absolute atomic E-state index is 4.39. The summed E-state index contributed by atoms with van der Waals surface area (Å²) in [6.45, 7) is 3.94. The number of rotatable bonds is 7. The molecule has 1 aliphatic heterocycles. The van der Waals surface area contributed by atoms with Gasteiger partial charge in [-0.05, 0) is 55.1 Å². The number of aromatic nitrogens is 1. The number of hydrogen-bond donors (Lipinski definition) is 2. The van der Waals surface area contributed by atoms with Crippen molar-refractivity contribution in [2.24, 2.45) is 4.99 Å². The number of hydrogen-bond acceptors (Lipinski definition) is 5. The molecule has 1 unspecified atom stereocenters. The number of halogens is 1. The van der Waals surface area contributed by atoms with Gasteiger partial charge in [0.2, 0.25) is 0 Å². The molecule has 0 aromatic carbocycles. The van der Waals surface area contributed by atoms with Gasteiger partial charge in [-0.3, -0.25) is 9.89 Å². The van der Waals surface area contributed by atoms with E-state index in [1.807, 2.05) is 49.6 Å². The molecule has 2 aromatic heterocycles. The van der Waals surface area contributed by atoms with Crippen molar-refractivity contribution >= 4 is 47.1 Å². The fraction of sp³-hybridized carbons (Fsp3) is 0.500. The van der Waals surface area contributed by atoms with Crippen LogP contribution in [-0.4, -0.2) is 56.6 Å². The summed E-state index contributed by atoms with van der Waals surface area (Å²) in [6.07, 6.45) is 4.44. The minimum Gasteiger partial charge on any atom is -0.363 e. The van der Waals surface area contributed by atoms with Gasteiger partial charge >= 0.3 is 0 Å². The molecule has 0 aliphatic carbocycles. The van der Waals surface area contributed by atoms with Gasteiger partial charge in [-0.15, -0.1) is 35.3 Å². The highest BCUT2D eigenvalue weighted by Crippen LogP contribution is 2.27. The molecule has 0 bridgehead atoms. The molecule has 2 N–H and O–H groups in total. The predicted molar refractivity (Wildman–Crippen MR) is 130 cm³/mol. The quantitative estimate of drug-likeness (QED) is 0.338. The van der Waals surface area contributed by atoms with Crippen LogP contribution in [0.4, 0.5) is 5.82 Å². The van der Waals surface area contributed by atoms with Crippen molar-refractivity contribution in [2.45, 2.75) is 25.4 Å². The lowest BCUT2D eigenvalue weighted by Crippen LogP contribution is -2.42. The lowest BCUT2D eigenvalue weighted by atomic mass is 10.2. The molecule has 1 aliphatic rings. The number of guanidine groups is 1. The van der Waals surface area contributed by atoms with E-state index in [2.05, 4.69) is 49.1 Å². The van der Waals surface area contributed by atoms with Crippen LogP contribution in [0.3, 0.4) is 0 Å². The zero-order valence-electron chi connectivity index (χ0n) is 16.9. The Balaban J connectivity index is 0.00000280. The summed E-state index contributed by atoms with van der Waals surface area (Å²) in [4.78, 5) is 14.8. The van der Waals surface area contributed by atoms with Crippen LogP contribution in [0.25, 0.3) is 0 Å². The number of likely N-dealkylation sites (tertiary alicyclic amines) is 1. The van der Waals surface area contributed by atoms with E-state index in [0.717, 1.165) is 24.9 Å². The smallest absolute Gasteiger partial charge is 0.191 e. The van der Waals surface area contributed by atoms with Crippen LogP contribution in [0.2, 0.25) is 0 Å². The molecule has 154 valence electrons. The Kier molecular flexibility index (Phi) is 9.46. The Morgan fingerprint density at radius 2 is 2.07 bits per heavy atom. The van der Waals surface area contributed by atoms with Gasteiger partial charge in [-0.2, -0.15) is 0 Å². The van der Waals surface area contributed by atoms with Gasteiger partial charge < -0.3 is 15.5 Å². The Labute approximate surface area is 189 Å². The highest BCUT2D eigenvalue weighted by atomic mass is 127. The van der Waals surface area contributed by atoms with Crippen molar-refractivity contribution in [1.82, 2.24) is 20.5 Å². The number of nitrogens with one attached hydrogen (secondary N) is 2. The van der Waals surface area contributed by atoms with Crippen LogP contribution in [-0.2, 0) is 6.54 Å². The first-order valence-electron chi connectivity index (χ1n) is 9.51. The molecular weight excluding hydrogens is 483 g/mol. The minimum atomic E-state index is 0. The van der Waals surface area contributed by atoms with Crippen molar-refractivity contribution < 1.29 is 0 Å². The molecule has 1 fully saturated rings. The molecule has 0 amide bonds. The Bertz CT molecular complexity index is 728. The maximum atomic E-state index is 4.39. The molecule has 3 rings (SSSR count). The third kappa shape index (κ3) is 6.31. The SMILES string of the molecule is CN=C(NCc1ccnc(N(C)C)c1)NCC(c1cccs1)N1CCCC1.I. The molecular formula is C20H31IN6S. The normalized spacial score (nSPS) is 15.8. The van der Waals surface area contributed by atoms with Crippen molar-refractivity contribution in [3.63, 3.8) is 0 Å².